The van der Waals surface area contributed by atoms with E-state index in [1.165, 1.54) is 17.4 Å². The number of hydrogen-bond acceptors (Lipinski definition) is 8. The second-order valence-corrected chi connectivity index (χ2v) is 8.69. The van der Waals surface area contributed by atoms with Crippen LogP contribution >= 0.6 is 11.3 Å². The molecule has 33 heavy (non-hydrogen) atoms. The first-order valence-corrected chi connectivity index (χ1v) is 11.4. The zero-order valence-corrected chi connectivity index (χ0v) is 18.8. The summed E-state index contributed by atoms with van der Waals surface area (Å²) in [5, 5.41) is 3.04. The Kier molecular flexibility index (Phi) is 6.55. The number of nitrogens with one attached hydrogen (secondary N) is 1. The van der Waals surface area contributed by atoms with Crippen molar-refractivity contribution in [3.63, 3.8) is 0 Å². The number of para-hydroxylation sites is 1. The van der Waals surface area contributed by atoms with Crippen LogP contribution in [0.2, 0.25) is 0 Å². The smallest absolute Gasteiger partial charge is 0.341 e. The molecular weight excluding hydrogens is 448 g/mol. The first-order chi connectivity index (χ1) is 15.9. The van der Waals surface area contributed by atoms with Crippen molar-refractivity contribution in [1.29, 1.82) is 0 Å². The number of ether oxygens (including phenoxy) is 2. The summed E-state index contributed by atoms with van der Waals surface area (Å²) in [7, 11) is 0. The Balaban J connectivity index is 1.39. The van der Waals surface area contributed by atoms with Crippen LogP contribution in [0.25, 0.3) is 0 Å². The van der Waals surface area contributed by atoms with E-state index >= 15 is 0 Å². The maximum absolute atomic E-state index is 12.5. The van der Waals surface area contributed by atoms with Crippen molar-refractivity contribution < 1.29 is 33.4 Å². The number of aryl methyl sites for hydroxylation is 1. The van der Waals surface area contributed by atoms with Crippen LogP contribution < -0.4 is 10.2 Å². The van der Waals surface area contributed by atoms with Gasteiger partial charge in [0.15, 0.2) is 6.61 Å². The van der Waals surface area contributed by atoms with E-state index in [0.29, 0.717) is 16.3 Å². The monoisotopic (exact) mass is 470 g/mol. The summed E-state index contributed by atoms with van der Waals surface area (Å²) in [6.07, 6.45) is 3.56. The summed E-state index contributed by atoms with van der Waals surface area (Å²) in [6, 6.07) is 6.35. The van der Waals surface area contributed by atoms with Crippen LogP contribution in [0.3, 0.4) is 0 Å². The molecule has 2 amide bonds. The first kappa shape index (κ1) is 22.7. The highest BCUT2D eigenvalue weighted by Crippen LogP contribution is 2.38. The molecule has 0 bridgehead atoms. The number of esters is 2. The third-order valence-electron chi connectivity index (χ3n) is 5.43. The second-order valence-electron chi connectivity index (χ2n) is 7.58. The van der Waals surface area contributed by atoms with Gasteiger partial charge in [0.05, 0.1) is 23.4 Å². The van der Waals surface area contributed by atoms with Crippen LogP contribution in [0.1, 0.15) is 50.9 Å². The van der Waals surface area contributed by atoms with Gasteiger partial charge in [0.2, 0.25) is 0 Å². The lowest BCUT2D eigenvalue weighted by Crippen LogP contribution is -2.36. The Bertz CT molecular complexity index is 1150. The molecule has 1 aromatic carbocycles. The van der Waals surface area contributed by atoms with Gasteiger partial charge in [-0.2, -0.15) is 0 Å². The number of amides is 2. The molecule has 0 radical (unpaired) electrons. The van der Waals surface area contributed by atoms with Crippen molar-refractivity contribution >= 4 is 51.6 Å². The number of Topliss-reactive ketones (excluding diaryl/α,β-unsaturated/α-hetero) is 1. The van der Waals surface area contributed by atoms with Crippen molar-refractivity contribution in [3.8, 4) is 0 Å². The molecule has 0 spiro atoms. The molecule has 1 aliphatic carbocycles. The van der Waals surface area contributed by atoms with E-state index in [2.05, 4.69) is 5.32 Å². The molecule has 1 aliphatic heterocycles. The van der Waals surface area contributed by atoms with Crippen molar-refractivity contribution in [2.75, 3.05) is 30.0 Å². The highest BCUT2D eigenvalue weighted by Gasteiger charge is 2.37. The molecule has 10 heteroatoms. The van der Waals surface area contributed by atoms with E-state index in [1.807, 2.05) is 0 Å². The number of benzene rings is 1. The van der Waals surface area contributed by atoms with Gasteiger partial charge in [0.1, 0.15) is 11.5 Å². The molecule has 9 nitrogen and oxygen atoms in total. The van der Waals surface area contributed by atoms with Gasteiger partial charge in [-0.05, 0) is 50.3 Å². The number of hydrogen-bond donors (Lipinski definition) is 1. The summed E-state index contributed by atoms with van der Waals surface area (Å²) in [4.78, 5) is 63.5. The molecule has 172 valence electrons. The predicted molar refractivity (Wildman–Crippen MR) is 120 cm³/mol. The lowest BCUT2D eigenvalue weighted by atomic mass is 9.95. The number of nitrogens with zero attached hydrogens (tertiary/aromatic N) is 1. The molecule has 0 saturated carbocycles. The molecule has 0 atom stereocenters. The molecule has 4 rings (SSSR count). The van der Waals surface area contributed by atoms with Crippen LogP contribution in [0, 0.1) is 0 Å². The van der Waals surface area contributed by atoms with E-state index in [-0.39, 0.29) is 12.2 Å². The number of ketones is 1. The number of fused-ring (bicyclic) bond motifs is 2. The van der Waals surface area contributed by atoms with Crippen molar-refractivity contribution in [1.82, 2.24) is 0 Å². The fourth-order valence-corrected chi connectivity index (χ4v) is 5.26. The normalized spacial score (nSPS) is 14.5. The zero-order valence-electron chi connectivity index (χ0n) is 18.0. The molecule has 1 N–H and O–H groups in total. The Labute approximate surface area is 193 Å². The Morgan fingerprint density at radius 3 is 2.64 bits per heavy atom. The molecule has 2 heterocycles. The van der Waals surface area contributed by atoms with Crippen molar-refractivity contribution in [3.05, 3.63) is 45.8 Å². The number of thiophene rings is 1. The second kappa shape index (κ2) is 9.53. The molecule has 0 fully saturated rings. The summed E-state index contributed by atoms with van der Waals surface area (Å²) >= 11 is 1.33. The highest BCUT2D eigenvalue weighted by molar-refractivity contribution is 7.17. The average molecular weight is 471 g/mol. The minimum absolute atomic E-state index is 0.218. The third kappa shape index (κ3) is 4.51. The summed E-state index contributed by atoms with van der Waals surface area (Å²) in [5.74, 6) is -3.44. The molecule has 2 aromatic rings. The average Bonchev–Trinajstić information content (AvgIpc) is 3.28. The maximum Gasteiger partial charge on any atom is 0.341 e. The highest BCUT2D eigenvalue weighted by atomic mass is 32.1. The van der Waals surface area contributed by atoms with Crippen molar-refractivity contribution in [2.24, 2.45) is 0 Å². The van der Waals surface area contributed by atoms with Crippen LogP contribution in [0.5, 0.6) is 0 Å². The molecule has 0 unspecified atom stereocenters. The lowest BCUT2D eigenvalue weighted by Gasteiger charge is -2.15. The fraction of sp³-hybridized carbons (Fsp3) is 0.348. The minimum Gasteiger partial charge on any atom is -0.462 e. The first-order valence-electron chi connectivity index (χ1n) is 10.6. The van der Waals surface area contributed by atoms with Gasteiger partial charge in [-0.15, -0.1) is 11.3 Å². The van der Waals surface area contributed by atoms with E-state index in [9.17, 15) is 24.0 Å². The van der Waals surface area contributed by atoms with Gasteiger partial charge in [-0.1, -0.05) is 12.1 Å². The number of anilines is 2. The number of carbonyl (C=O) groups is 5. The SMILES string of the molecule is CCOC(=O)c1c(NC(=O)COC(=O)CN2C(=O)C(=O)c3ccccc32)sc2c1CCCC2. The Hall–Kier alpha value is -3.53. The van der Waals surface area contributed by atoms with Gasteiger partial charge < -0.3 is 14.8 Å². The summed E-state index contributed by atoms with van der Waals surface area (Å²) in [6.45, 7) is 0.846. The lowest BCUT2D eigenvalue weighted by molar-refractivity contribution is -0.146. The van der Waals surface area contributed by atoms with Crippen LogP contribution in [-0.4, -0.2) is 49.3 Å². The van der Waals surface area contributed by atoms with E-state index < -0.39 is 42.7 Å². The van der Waals surface area contributed by atoms with Gasteiger partial charge in [0, 0.05) is 4.88 Å². The number of rotatable bonds is 7. The van der Waals surface area contributed by atoms with E-state index in [0.717, 1.165) is 41.0 Å². The quantitative estimate of drug-likeness (QED) is 0.488. The van der Waals surface area contributed by atoms with E-state index in [1.54, 1.807) is 25.1 Å². The molecular formula is C23H22N2O7S. The van der Waals surface area contributed by atoms with E-state index in [4.69, 9.17) is 9.47 Å². The van der Waals surface area contributed by atoms with Crippen LogP contribution in [-0.2, 0) is 36.7 Å². The molecule has 2 aliphatic rings. The Morgan fingerprint density at radius 2 is 1.85 bits per heavy atom. The van der Waals surface area contributed by atoms with Crippen molar-refractivity contribution in [2.45, 2.75) is 32.6 Å². The minimum atomic E-state index is -0.834. The zero-order chi connectivity index (χ0) is 23.5. The third-order valence-corrected chi connectivity index (χ3v) is 6.64. The van der Waals surface area contributed by atoms with Gasteiger partial charge >= 0.3 is 11.9 Å². The topological polar surface area (TPSA) is 119 Å². The Morgan fingerprint density at radius 1 is 1.09 bits per heavy atom. The van der Waals surface area contributed by atoms with Crippen LogP contribution in [0.4, 0.5) is 10.7 Å². The largest absolute Gasteiger partial charge is 0.462 e. The molecule has 0 saturated heterocycles. The summed E-state index contributed by atoms with van der Waals surface area (Å²) < 4.78 is 10.2. The fourth-order valence-electron chi connectivity index (χ4n) is 3.96. The standard InChI is InChI=1S/C23H22N2O7S/c1-2-31-23(30)19-14-8-4-6-10-16(14)33-21(19)24-17(26)12-32-18(27)11-25-15-9-5-3-7-13(15)20(28)22(25)29/h3,5,7,9H,2,4,6,8,10-12H2,1H3,(H,24,26). The maximum atomic E-state index is 12.5. The van der Waals surface area contributed by atoms with Gasteiger partial charge in [-0.25, -0.2) is 4.79 Å². The molecule has 1 aromatic heterocycles. The number of carbonyl (C=O) groups excluding carboxylic acids is 5. The van der Waals surface area contributed by atoms with Crippen LogP contribution in [0.15, 0.2) is 24.3 Å². The van der Waals surface area contributed by atoms with Gasteiger partial charge in [-0.3, -0.25) is 24.1 Å². The van der Waals surface area contributed by atoms with Gasteiger partial charge in [0.25, 0.3) is 17.6 Å². The summed E-state index contributed by atoms with van der Waals surface area (Å²) in [5.41, 5.74) is 1.83. The predicted octanol–water partition coefficient (Wildman–Crippen LogP) is 2.51.